The first-order chi connectivity index (χ1) is 14.8. The first-order valence-corrected chi connectivity index (χ1v) is 9.57. The molecule has 30 heavy (non-hydrogen) atoms. The Kier molecular flexibility index (Phi) is 6.05. The summed E-state index contributed by atoms with van der Waals surface area (Å²) < 4.78 is 11.0. The van der Waals surface area contributed by atoms with Crippen LogP contribution in [0.3, 0.4) is 0 Å². The zero-order valence-electron chi connectivity index (χ0n) is 16.6. The van der Waals surface area contributed by atoms with E-state index in [9.17, 15) is 0 Å². The number of nitrogens with zero attached hydrogens (tertiary/aromatic N) is 2. The monoisotopic (exact) mass is 398 g/mol. The lowest BCUT2D eigenvalue weighted by molar-refractivity contribution is 0.414. The molecule has 0 aliphatic heterocycles. The third kappa shape index (κ3) is 5.26. The quantitative estimate of drug-likeness (QED) is 0.401. The van der Waals surface area contributed by atoms with Gasteiger partial charge in [0.15, 0.2) is 0 Å². The second-order valence-electron chi connectivity index (χ2n) is 6.55. The predicted molar refractivity (Wildman–Crippen MR) is 119 cm³/mol. The molecule has 3 aromatic carbocycles. The van der Waals surface area contributed by atoms with Gasteiger partial charge in [0.25, 0.3) is 0 Å². The van der Waals surface area contributed by atoms with E-state index in [4.69, 9.17) is 9.47 Å². The molecule has 6 heteroatoms. The molecule has 4 aromatic rings. The summed E-state index contributed by atoms with van der Waals surface area (Å²) in [6, 6.07) is 27.2. The number of rotatable bonds is 8. The van der Waals surface area contributed by atoms with Gasteiger partial charge in [-0.1, -0.05) is 30.3 Å². The standard InChI is InChI=1S/C24H22N4O2/c1-29-20-11-7-18(8-12-20)16-25-23-15-24(27-17-26-23)28-19-9-13-22(14-10-19)30-21-5-3-2-4-6-21/h2-15,17H,16H2,1H3,(H2,25,26,27,28). The Hall–Kier alpha value is -4.06. The van der Waals surface area contributed by atoms with Crippen LogP contribution in [0, 0.1) is 0 Å². The van der Waals surface area contributed by atoms with Crippen LogP contribution in [-0.2, 0) is 6.54 Å². The van der Waals surface area contributed by atoms with E-state index in [1.165, 1.54) is 6.33 Å². The van der Waals surface area contributed by atoms with Gasteiger partial charge in [-0.25, -0.2) is 9.97 Å². The van der Waals surface area contributed by atoms with E-state index >= 15 is 0 Å². The fourth-order valence-electron chi connectivity index (χ4n) is 2.84. The molecule has 0 atom stereocenters. The van der Waals surface area contributed by atoms with Crippen molar-refractivity contribution in [1.29, 1.82) is 0 Å². The van der Waals surface area contributed by atoms with E-state index in [1.54, 1.807) is 7.11 Å². The molecule has 0 saturated carbocycles. The van der Waals surface area contributed by atoms with Crippen LogP contribution in [0.2, 0.25) is 0 Å². The highest BCUT2D eigenvalue weighted by Crippen LogP contribution is 2.24. The fraction of sp³-hybridized carbons (Fsp3) is 0.0833. The summed E-state index contributed by atoms with van der Waals surface area (Å²) >= 11 is 0. The summed E-state index contributed by atoms with van der Waals surface area (Å²) in [5.74, 6) is 3.87. The average molecular weight is 398 g/mol. The maximum atomic E-state index is 5.82. The third-order valence-electron chi connectivity index (χ3n) is 4.41. The van der Waals surface area contributed by atoms with Crippen LogP contribution in [0.25, 0.3) is 0 Å². The van der Waals surface area contributed by atoms with Gasteiger partial charge in [-0.2, -0.15) is 0 Å². The lowest BCUT2D eigenvalue weighted by atomic mass is 10.2. The Morgan fingerprint density at radius 2 is 1.40 bits per heavy atom. The molecule has 0 saturated heterocycles. The Balaban J connectivity index is 1.35. The Morgan fingerprint density at radius 1 is 0.733 bits per heavy atom. The molecule has 0 aliphatic carbocycles. The first kappa shape index (κ1) is 19.3. The summed E-state index contributed by atoms with van der Waals surface area (Å²) in [6.07, 6.45) is 1.53. The van der Waals surface area contributed by atoms with Gasteiger partial charge < -0.3 is 20.1 Å². The minimum Gasteiger partial charge on any atom is -0.497 e. The summed E-state index contributed by atoms with van der Waals surface area (Å²) in [6.45, 7) is 0.659. The number of para-hydroxylation sites is 1. The van der Waals surface area contributed by atoms with E-state index in [0.717, 1.165) is 34.3 Å². The van der Waals surface area contributed by atoms with E-state index < -0.39 is 0 Å². The average Bonchev–Trinajstić information content (AvgIpc) is 2.80. The van der Waals surface area contributed by atoms with Crippen molar-refractivity contribution in [3.63, 3.8) is 0 Å². The molecule has 0 aliphatic rings. The second kappa shape index (κ2) is 9.43. The number of ether oxygens (including phenoxy) is 2. The van der Waals surface area contributed by atoms with Crippen molar-refractivity contribution in [1.82, 2.24) is 9.97 Å². The van der Waals surface area contributed by atoms with Crippen molar-refractivity contribution in [3.8, 4) is 17.2 Å². The molecular weight excluding hydrogens is 376 g/mol. The molecule has 0 fully saturated rings. The number of aromatic nitrogens is 2. The van der Waals surface area contributed by atoms with Crippen LogP contribution >= 0.6 is 0 Å². The topological polar surface area (TPSA) is 68.3 Å². The number of benzene rings is 3. The van der Waals surface area contributed by atoms with Gasteiger partial charge in [0.2, 0.25) is 0 Å². The maximum absolute atomic E-state index is 5.82. The van der Waals surface area contributed by atoms with Gasteiger partial charge >= 0.3 is 0 Å². The van der Waals surface area contributed by atoms with Crippen molar-refractivity contribution < 1.29 is 9.47 Å². The highest BCUT2D eigenvalue weighted by atomic mass is 16.5. The number of anilines is 3. The summed E-state index contributed by atoms with van der Waals surface area (Å²) in [5.41, 5.74) is 2.05. The number of hydrogen-bond donors (Lipinski definition) is 2. The van der Waals surface area contributed by atoms with Gasteiger partial charge in [0.1, 0.15) is 35.2 Å². The zero-order chi connectivity index (χ0) is 20.6. The highest BCUT2D eigenvalue weighted by Gasteiger charge is 2.02. The Bertz CT molecular complexity index is 1070. The van der Waals surface area contributed by atoms with Crippen LogP contribution < -0.4 is 20.1 Å². The van der Waals surface area contributed by atoms with E-state index in [1.807, 2.05) is 84.9 Å². The molecule has 150 valence electrons. The SMILES string of the molecule is COc1ccc(CNc2cc(Nc3ccc(Oc4ccccc4)cc3)ncn2)cc1. The number of nitrogens with one attached hydrogen (secondary N) is 2. The van der Waals surface area contributed by atoms with Crippen molar-refractivity contribution in [2.45, 2.75) is 6.54 Å². The van der Waals surface area contributed by atoms with Crippen molar-refractivity contribution in [2.24, 2.45) is 0 Å². The predicted octanol–water partition coefficient (Wildman–Crippen LogP) is 5.63. The molecular formula is C24H22N4O2. The second-order valence-corrected chi connectivity index (χ2v) is 6.55. The summed E-state index contributed by atoms with van der Waals surface area (Å²) in [7, 11) is 1.66. The van der Waals surface area contributed by atoms with Gasteiger partial charge in [0.05, 0.1) is 7.11 Å². The van der Waals surface area contributed by atoms with Crippen LogP contribution in [0.5, 0.6) is 17.2 Å². The molecule has 0 radical (unpaired) electrons. The molecule has 0 amide bonds. The van der Waals surface area contributed by atoms with Gasteiger partial charge in [0, 0.05) is 18.3 Å². The lowest BCUT2D eigenvalue weighted by Crippen LogP contribution is -2.03. The van der Waals surface area contributed by atoms with Gasteiger partial charge in [-0.3, -0.25) is 0 Å². The number of methoxy groups -OCH3 is 1. The summed E-state index contributed by atoms with van der Waals surface area (Å²) in [5, 5.41) is 6.59. The lowest BCUT2D eigenvalue weighted by Gasteiger charge is -2.10. The van der Waals surface area contributed by atoms with Crippen LogP contribution in [0.1, 0.15) is 5.56 Å². The molecule has 0 bridgehead atoms. The molecule has 4 rings (SSSR count). The maximum Gasteiger partial charge on any atom is 0.135 e. The van der Waals surface area contributed by atoms with E-state index in [0.29, 0.717) is 12.4 Å². The molecule has 1 aromatic heterocycles. The van der Waals surface area contributed by atoms with Crippen molar-refractivity contribution in [3.05, 3.63) is 96.8 Å². The van der Waals surface area contributed by atoms with Crippen LogP contribution in [-0.4, -0.2) is 17.1 Å². The van der Waals surface area contributed by atoms with Crippen LogP contribution in [0.15, 0.2) is 91.3 Å². The molecule has 0 unspecified atom stereocenters. The van der Waals surface area contributed by atoms with Gasteiger partial charge in [-0.05, 0) is 54.1 Å². The van der Waals surface area contributed by atoms with Crippen LogP contribution in [0.4, 0.5) is 17.3 Å². The Morgan fingerprint density at radius 3 is 2.13 bits per heavy atom. The van der Waals surface area contributed by atoms with E-state index in [2.05, 4.69) is 20.6 Å². The normalized spacial score (nSPS) is 10.3. The third-order valence-corrected chi connectivity index (χ3v) is 4.41. The van der Waals surface area contributed by atoms with Crippen molar-refractivity contribution >= 4 is 17.3 Å². The highest BCUT2D eigenvalue weighted by molar-refractivity contribution is 5.59. The smallest absolute Gasteiger partial charge is 0.135 e. The largest absolute Gasteiger partial charge is 0.497 e. The van der Waals surface area contributed by atoms with E-state index in [-0.39, 0.29) is 0 Å². The minimum absolute atomic E-state index is 0.659. The summed E-state index contributed by atoms with van der Waals surface area (Å²) in [4.78, 5) is 8.58. The molecule has 6 nitrogen and oxygen atoms in total. The molecule has 0 spiro atoms. The Labute approximate surface area is 175 Å². The molecule has 1 heterocycles. The minimum atomic E-state index is 0.659. The van der Waals surface area contributed by atoms with Gasteiger partial charge in [-0.15, -0.1) is 0 Å². The first-order valence-electron chi connectivity index (χ1n) is 9.57. The van der Waals surface area contributed by atoms with Crippen molar-refractivity contribution in [2.75, 3.05) is 17.7 Å². The number of hydrogen-bond acceptors (Lipinski definition) is 6. The zero-order valence-corrected chi connectivity index (χ0v) is 16.6. The molecule has 2 N–H and O–H groups in total. The fourth-order valence-corrected chi connectivity index (χ4v) is 2.84.